The minimum absolute atomic E-state index is 0.00540. The highest BCUT2D eigenvalue weighted by atomic mass is 16.6. The van der Waals surface area contributed by atoms with Gasteiger partial charge < -0.3 is 14.7 Å². The fraction of sp³-hybridized carbons (Fsp3) is 0.214. The third-order valence-corrected chi connectivity index (χ3v) is 6.59. The summed E-state index contributed by atoms with van der Waals surface area (Å²) in [5, 5.41) is 22.8. The molecule has 0 radical (unpaired) electrons. The van der Waals surface area contributed by atoms with Gasteiger partial charge in [-0.25, -0.2) is 0 Å². The zero-order valence-electron chi connectivity index (χ0n) is 19.6. The molecule has 5 rings (SSSR count). The number of carbonyl (C=O) groups excluding carboxylic acids is 2. The molecule has 182 valence electrons. The minimum atomic E-state index is -0.961. The van der Waals surface area contributed by atoms with E-state index in [0.717, 1.165) is 16.9 Å². The number of benzene rings is 3. The molecule has 1 N–H and O–H groups in total. The molecule has 2 heterocycles. The molecule has 0 spiro atoms. The Bertz CT molecular complexity index is 1400. The molecule has 0 aromatic heterocycles. The highest BCUT2D eigenvalue weighted by Gasteiger charge is 2.46. The van der Waals surface area contributed by atoms with Gasteiger partial charge in [-0.15, -0.1) is 0 Å². The van der Waals surface area contributed by atoms with Crippen LogP contribution < -0.4 is 4.74 Å². The number of ketones is 1. The van der Waals surface area contributed by atoms with Gasteiger partial charge in [0.2, 0.25) is 0 Å². The molecule has 2 aliphatic rings. The van der Waals surface area contributed by atoms with E-state index < -0.39 is 22.7 Å². The van der Waals surface area contributed by atoms with Crippen LogP contribution in [0, 0.1) is 10.1 Å². The highest BCUT2D eigenvalue weighted by Crippen LogP contribution is 2.41. The number of rotatable bonds is 6. The van der Waals surface area contributed by atoms with Gasteiger partial charge in [-0.3, -0.25) is 19.7 Å². The van der Waals surface area contributed by atoms with E-state index in [-0.39, 0.29) is 29.7 Å². The summed E-state index contributed by atoms with van der Waals surface area (Å²) < 4.78 is 5.73. The number of non-ortho nitro benzene ring substituents is 1. The first kappa shape index (κ1) is 23.3. The van der Waals surface area contributed by atoms with Crippen LogP contribution in [0.4, 0.5) is 5.69 Å². The number of aliphatic hydroxyl groups excluding tert-OH is 1. The Morgan fingerprint density at radius 3 is 2.61 bits per heavy atom. The van der Waals surface area contributed by atoms with Crippen molar-refractivity contribution < 1.29 is 24.4 Å². The second-order valence-corrected chi connectivity index (χ2v) is 9.04. The summed E-state index contributed by atoms with van der Waals surface area (Å²) in [5.41, 5.74) is 2.41. The summed E-state index contributed by atoms with van der Waals surface area (Å²) in [5.74, 6) is -1.16. The first-order chi connectivity index (χ1) is 17.3. The third-order valence-electron chi connectivity index (χ3n) is 6.59. The Hall–Kier alpha value is -4.46. The summed E-state index contributed by atoms with van der Waals surface area (Å²) in [6.07, 6.45) is 1.15. The van der Waals surface area contributed by atoms with Crippen LogP contribution in [0.15, 0.2) is 78.4 Å². The molecule has 2 atom stereocenters. The standard InChI is InChI=1S/C28H24N2O6/c1-17-14-21-15-20(10-11-23(21)36-17)26(31)24-25(19-8-5-9-22(16-19)30(34)35)29(28(33)27(24)32)13-12-18-6-3-2-4-7-18/h2-11,15-17,25,31H,12-14H2,1H3/b26-24+/t17-,25-/m1/s1. The number of hydrogen-bond acceptors (Lipinski definition) is 6. The van der Waals surface area contributed by atoms with E-state index in [9.17, 15) is 24.8 Å². The number of fused-ring (bicyclic) bond motifs is 1. The Morgan fingerprint density at radius 2 is 1.86 bits per heavy atom. The second kappa shape index (κ2) is 9.30. The fourth-order valence-electron chi connectivity index (χ4n) is 4.88. The molecule has 8 nitrogen and oxygen atoms in total. The van der Waals surface area contributed by atoms with Crippen molar-refractivity contribution in [3.05, 3.63) is 111 Å². The number of amides is 1. The molecular weight excluding hydrogens is 460 g/mol. The summed E-state index contributed by atoms with van der Waals surface area (Å²) in [7, 11) is 0. The predicted molar refractivity (Wildman–Crippen MR) is 132 cm³/mol. The summed E-state index contributed by atoms with van der Waals surface area (Å²) in [6.45, 7) is 2.15. The number of likely N-dealkylation sites (tertiary alicyclic amines) is 1. The largest absolute Gasteiger partial charge is 0.507 e. The summed E-state index contributed by atoms with van der Waals surface area (Å²) in [4.78, 5) is 38.8. The molecule has 1 amide bonds. The van der Waals surface area contributed by atoms with Crippen LogP contribution in [0.25, 0.3) is 5.76 Å². The van der Waals surface area contributed by atoms with Crippen molar-refractivity contribution in [2.45, 2.75) is 31.9 Å². The van der Waals surface area contributed by atoms with E-state index in [0.29, 0.717) is 24.0 Å². The van der Waals surface area contributed by atoms with E-state index in [1.807, 2.05) is 37.3 Å². The lowest BCUT2D eigenvalue weighted by atomic mass is 9.94. The third kappa shape index (κ3) is 4.22. The summed E-state index contributed by atoms with van der Waals surface area (Å²) >= 11 is 0. The molecule has 0 saturated carbocycles. The molecule has 8 heteroatoms. The van der Waals surface area contributed by atoms with Gasteiger partial charge in [0.05, 0.1) is 16.5 Å². The van der Waals surface area contributed by atoms with Crippen LogP contribution in [0.5, 0.6) is 5.75 Å². The lowest BCUT2D eigenvalue weighted by molar-refractivity contribution is -0.384. The molecule has 3 aromatic rings. The average molecular weight is 485 g/mol. The number of Topliss-reactive ketones (excluding diaryl/α,β-unsaturated/α-hetero) is 1. The van der Waals surface area contributed by atoms with Crippen LogP contribution in [0.3, 0.4) is 0 Å². The number of hydrogen-bond donors (Lipinski definition) is 1. The van der Waals surface area contributed by atoms with Gasteiger partial charge in [-0.05, 0) is 48.2 Å². The molecule has 36 heavy (non-hydrogen) atoms. The average Bonchev–Trinajstić information content (AvgIpc) is 3.38. The van der Waals surface area contributed by atoms with Gasteiger partial charge in [0.1, 0.15) is 17.6 Å². The van der Waals surface area contributed by atoms with Gasteiger partial charge in [-0.2, -0.15) is 0 Å². The van der Waals surface area contributed by atoms with Crippen LogP contribution in [-0.4, -0.2) is 39.3 Å². The molecule has 0 unspecified atom stereocenters. The van der Waals surface area contributed by atoms with Gasteiger partial charge in [0.25, 0.3) is 17.4 Å². The van der Waals surface area contributed by atoms with Crippen molar-refractivity contribution in [1.82, 2.24) is 4.90 Å². The van der Waals surface area contributed by atoms with E-state index in [2.05, 4.69) is 0 Å². The monoisotopic (exact) mass is 484 g/mol. The molecule has 0 bridgehead atoms. The van der Waals surface area contributed by atoms with Gasteiger partial charge in [-0.1, -0.05) is 42.5 Å². The van der Waals surface area contributed by atoms with Crippen LogP contribution in [0.1, 0.15) is 35.2 Å². The maximum atomic E-state index is 13.3. The maximum absolute atomic E-state index is 13.3. The molecule has 3 aromatic carbocycles. The number of nitrogens with zero attached hydrogens (tertiary/aromatic N) is 2. The number of nitro benzene ring substituents is 1. The normalized spacial score (nSPS) is 20.3. The first-order valence-corrected chi connectivity index (χ1v) is 11.7. The van der Waals surface area contributed by atoms with Crippen LogP contribution in [-0.2, 0) is 22.4 Å². The Balaban J connectivity index is 1.60. The molecule has 1 saturated heterocycles. The van der Waals surface area contributed by atoms with Crippen molar-refractivity contribution in [2.24, 2.45) is 0 Å². The molecule has 2 aliphatic heterocycles. The SMILES string of the molecule is C[C@@H]1Cc2cc(/C(O)=C3\C(=O)C(=O)N(CCc4ccccc4)[C@@H]3c3cccc([N+](=O)[O-])c3)ccc2O1. The summed E-state index contributed by atoms with van der Waals surface area (Å²) in [6, 6.07) is 19.5. The number of aliphatic hydroxyl groups is 1. The quantitative estimate of drug-likeness (QED) is 0.180. The van der Waals surface area contributed by atoms with Gasteiger partial charge in [0, 0.05) is 30.7 Å². The lowest BCUT2D eigenvalue weighted by Crippen LogP contribution is -2.31. The van der Waals surface area contributed by atoms with Gasteiger partial charge >= 0.3 is 0 Å². The van der Waals surface area contributed by atoms with Crippen molar-refractivity contribution in [2.75, 3.05) is 6.54 Å². The van der Waals surface area contributed by atoms with Crippen LogP contribution >= 0.6 is 0 Å². The smallest absolute Gasteiger partial charge is 0.295 e. The van der Waals surface area contributed by atoms with E-state index >= 15 is 0 Å². The van der Waals surface area contributed by atoms with Crippen molar-refractivity contribution in [3.8, 4) is 5.75 Å². The van der Waals surface area contributed by atoms with Crippen LogP contribution in [0.2, 0.25) is 0 Å². The zero-order chi connectivity index (χ0) is 25.4. The Morgan fingerprint density at radius 1 is 1.08 bits per heavy atom. The predicted octanol–water partition coefficient (Wildman–Crippen LogP) is 4.58. The van der Waals surface area contributed by atoms with E-state index in [4.69, 9.17) is 4.74 Å². The van der Waals surface area contributed by atoms with E-state index in [1.165, 1.54) is 23.1 Å². The topological polar surface area (TPSA) is 110 Å². The van der Waals surface area contributed by atoms with Gasteiger partial charge in [0.15, 0.2) is 0 Å². The second-order valence-electron chi connectivity index (χ2n) is 9.04. The van der Waals surface area contributed by atoms with Crippen molar-refractivity contribution in [1.29, 1.82) is 0 Å². The molecule has 0 aliphatic carbocycles. The zero-order valence-corrected chi connectivity index (χ0v) is 19.6. The molecular formula is C28H24N2O6. The highest BCUT2D eigenvalue weighted by molar-refractivity contribution is 6.46. The van der Waals surface area contributed by atoms with Crippen molar-refractivity contribution in [3.63, 3.8) is 0 Å². The van der Waals surface area contributed by atoms with Crippen molar-refractivity contribution >= 4 is 23.1 Å². The van der Waals surface area contributed by atoms with E-state index in [1.54, 1.807) is 24.3 Å². The number of nitro groups is 1. The number of carbonyl (C=O) groups is 2. The maximum Gasteiger partial charge on any atom is 0.295 e. The lowest BCUT2D eigenvalue weighted by Gasteiger charge is -2.25. The molecule has 1 fully saturated rings. The first-order valence-electron chi connectivity index (χ1n) is 11.7. The Kier molecular flexibility index (Phi) is 6.01. The minimum Gasteiger partial charge on any atom is -0.507 e. The fourth-order valence-corrected chi connectivity index (χ4v) is 4.88. The number of ether oxygens (including phenoxy) is 1. The Labute approximate surface area is 207 Å².